The van der Waals surface area contributed by atoms with E-state index in [2.05, 4.69) is 25.8 Å². The van der Waals surface area contributed by atoms with Crippen molar-refractivity contribution in [2.24, 2.45) is 11.8 Å². The van der Waals surface area contributed by atoms with Crippen molar-refractivity contribution in [1.29, 1.82) is 0 Å². The molecule has 0 radical (unpaired) electrons. The van der Waals surface area contributed by atoms with Gasteiger partial charge in [-0.1, -0.05) is 6.07 Å². The maximum Gasteiger partial charge on any atom is 0.271 e. The highest BCUT2D eigenvalue weighted by molar-refractivity contribution is 5.91. The minimum atomic E-state index is -0.337. The average molecular weight is 383 g/mol. The molecule has 1 aliphatic carbocycles. The fraction of sp³-hybridized carbons (Fsp3) is 0.450. The number of H-pyrrole nitrogens is 1. The van der Waals surface area contributed by atoms with Gasteiger partial charge in [-0.2, -0.15) is 5.10 Å². The summed E-state index contributed by atoms with van der Waals surface area (Å²) < 4.78 is 0. The molecule has 1 saturated carbocycles. The van der Waals surface area contributed by atoms with Gasteiger partial charge >= 0.3 is 0 Å². The highest BCUT2D eigenvalue weighted by Gasteiger charge is 2.30. The van der Waals surface area contributed by atoms with Crippen LogP contribution in [0.5, 0.6) is 0 Å². The topological polar surface area (TPSA) is 117 Å². The Balaban J connectivity index is 1.52. The monoisotopic (exact) mass is 383 g/mol. The van der Waals surface area contributed by atoms with Crippen molar-refractivity contribution in [2.75, 3.05) is 6.54 Å². The van der Waals surface area contributed by atoms with Gasteiger partial charge < -0.3 is 10.6 Å². The first-order chi connectivity index (χ1) is 13.5. The Kier molecular flexibility index (Phi) is 6.52. The number of aromatic nitrogens is 3. The summed E-state index contributed by atoms with van der Waals surface area (Å²) in [6.07, 6.45) is 5.59. The lowest BCUT2D eigenvalue weighted by atomic mass is 9.77. The zero-order valence-electron chi connectivity index (χ0n) is 15.9. The number of pyridine rings is 1. The number of hydrogen-bond donors (Lipinski definition) is 3. The predicted molar refractivity (Wildman–Crippen MR) is 103 cm³/mol. The van der Waals surface area contributed by atoms with Crippen LogP contribution < -0.4 is 16.2 Å². The predicted octanol–water partition coefficient (Wildman–Crippen LogP) is 1.58. The number of carbonyl (C=O) groups excluding carboxylic acids is 2. The lowest BCUT2D eigenvalue weighted by Crippen LogP contribution is -2.36. The van der Waals surface area contributed by atoms with Crippen LogP contribution in [0.1, 0.15) is 54.8 Å². The van der Waals surface area contributed by atoms with Gasteiger partial charge in [0.15, 0.2) is 0 Å². The van der Waals surface area contributed by atoms with E-state index in [0.29, 0.717) is 18.4 Å². The van der Waals surface area contributed by atoms with Gasteiger partial charge in [0.25, 0.3) is 11.5 Å². The van der Waals surface area contributed by atoms with Gasteiger partial charge in [-0.15, -0.1) is 0 Å². The van der Waals surface area contributed by atoms with Crippen molar-refractivity contribution in [1.82, 2.24) is 25.8 Å². The van der Waals surface area contributed by atoms with Crippen molar-refractivity contribution < 1.29 is 9.59 Å². The van der Waals surface area contributed by atoms with E-state index in [1.165, 1.54) is 19.1 Å². The van der Waals surface area contributed by atoms with E-state index in [9.17, 15) is 14.4 Å². The number of hydrogen-bond acceptors (Lipinski definition) is 5. The van der Waals surface area contributed by atoms with Crippen molar-refractivity contribution in [3.8, 4) is 0 Å². The molecule has 0 spiro atoms. The third kappa shape index (κ3) is 5.25. The maximum absolute atomic E-state index is 12.1. The molecule has 2 aromatic heterocycles. The van der Waals surface area contributed by atoms with Gasteiger partial charge in [0.2, 0.25) is 5.91 Å². The van der Waals surface area contributed by atoms with Gasteiger partial charge in [0.05, 0.1) is 11.7 Å². The Bertz CT molecular complexity index is 839. The third-order valence-electron chi connectivity index (χ3n) is 5.19. The molecule has 3 N–H and O–H groups in total. The van der Waals surface area contributed by atoms with Crippen molar-refractivity contribution in [3.63, 3.8) is 0 Å². The molecule has 3 rings (SSSR count). The fourth-order valence-corrected chi connectivity index (χ4v) is 3.74. The molecule has 1 fully saturated rings. The van der Waals surface area contributed by atoms with Crippen LogP contribution >= 0.6 is 0 Å². The van der Waals surface area contributed by atoms with E-state index < -0.39 is 0 Å². The summed E-state index contributed by atoms with van der Waals surface area (Å²) in [6, 6.07) is 8.36. The average Bonchev–Trinajstić information content (AvgIpc) is 2.72. The second-order valence-electron chi connectivity index (χ2n) is 7.23. The molecule has 8 nitrogen and oxygen atoms in total. The molecular formula is C20H25N5O3. The molecular weight excluding hydrogens is 358 g/mol. The van der Waals surface area contributed by atoms with E-state index >= 15 is 0 Å². The standard InChI is InChI=1S/C20H25N5O3/c1-13(26)23-19(16-4-2-3-11-21-16)15-7-5-14(6-8-15)12-22-20(28)17-9-10-18(27)25-24-17/h2-4,9-11,14-15,19H,5-8,12H2,1H3,(H,22,28)(H,23,26)(H,25,27)/t14?,15?,19-/m1/s1. The first kappa shape index (κ1) is 19.7. The summed E-state index contributed by atoms with van der Waals surface area (Å²) in [6.45, 7) is 2.10. The van der Waals surface area contributed by atoms with Crippen LogP contribution in [0.4, 0.5) is 0 Å². The quantitative estimate of drug-likeness (QED) is 0.700. The Morgan fingerprint density at radius 3 is 2.57 bits per heavy atom. The van der Waals surface area contributed by atoms with Crippen LogP contribution in [-0.4, -0.2) is 33.5 Å². The normalized spacial score (nSPS) is 20.2. The lowest BCUT2D eigenvalue weighted by molar-refractivity contribution is -0.120. The van der Waals surface area contributed by atoms with Crippen LogP contribution in [0.3, 0.4) is 0 Å². The minimum absolute atomic E-state index is 0.0570. The van der Waals surface area contributed by atoms with Gasteiger partial charge in [0, 0.05) is 25.7 Å². The number of nitrogens with zero attached hydrogens (tertiary/aromatic N) is 2. The number of carbonyl (C=O) groups is 2. The molecule has 28 heavy (non-hydrogen) atoms. The second kappa shape index (κ2) is 9.25. The summed E-state index contributed by atoms with van der Waals surface area (Å²) in [5, 5.41) is 11.9. The SMILES string of the molecule is CC(=O)N[C@@H](c1ccccn1)C1CCC(CNC(=O)c2ccc(=O)[nH]n2)CC1. The smallest absolute Gasteiger partial charge is 0.271 e. The van der Waals surface area contributed by atoms with E-state index in [1.807, 2.05) is 18.2 Å². The molecule has 1 atom stereocenters. The van der Waals surface area contributed by atoms with Crippen molar-refractivity contribution in [2.45, 2.75) is 38.6 Å². The van der Waals surface area contributed by atoms with Gasteiger partial charge in [0.1, 0.15) is 5.69 Å². The van der Waals surface area contributed by atoms with E-state index in [1.54, 1.807) is 6.20 Å². The first-order valence-electron chi connectivity index (χ1n) is 9.55. The molecule has 0 aliphatic heterocycles. The van der Waals surface area contributed by atoms with Crippen LogP contribution in [0.15, 0.2) is 41.3 Å². The number of nitrogens with one attached hydrogen (secondary N) is 3. The number of aromatic amines is 1. The molecule has 0 saturated heterocycles. The van der Waals surface area contributed by atoms with E-state index in [4.69, 9.17) is 0 Å². The first-order valence-corrected chi connectivity index (χ1v) is 9.55. The molecule has 0 aromatic carbocycles. The van der Waals surface area contributed by atoms with Crippen LogP contribution in [-0.2, 0) is 4.79 Å². The summed E-state index contributed by atoms with van der Waals surface area (Å²) >= 11 is 0. The van der Waals surface area contributed by atoms with E-state index in [0.717, 1.165) is 31.4 Å². The molecule has 1 aliphatic rings. The van der Waals surface area contributed by atoms with E-state index in [-0.39, 0.29) is 29.1 Å². The summed E-state index contributed by atoms with van der Waals surface area (Å²) in [7, 11) is 0. The van der Waals surface area contributed by atoms with Crippen molar-refractivity contribution in [3.05, 3.63) is 58.3 Å². The van der Waals surface area contributed by atoms with Crippen molar-refractivity contribution >= 4 is 11.8 Å². The number of rotatable bonds is 6. The molecule has 8 heteroatoms. The largest absolute Gasteiger partial charge is 0.350 e. The molecule has 2 heterocycles. The lowest BCUT2D eigenvalue weighted by Gasteiger charge is -2.34. The van der Waals surface area contributed by atoms with Crippen LogP contribution in [0.25, 0.3) is 0 Å². The Morgan fingerprint density at radius 2 is 1.96 bits per heavy atom. The molecule has 0 unspecified atom stereocenters. The number of amides is 2. The minimum Gasteiger partial charge on any atom is -0.350 e. The molecule has 0 bridgehead atoms. The molecule has 2 aromatic rings. The third-order valence-corrected chi connectivity index (χ3v) is 5.19. The Labute approximate surface area is 163 Å². The summed E-state index contributed by atoms with van der Waals surface area (Å²) in [5.41, 5.74) is 0.754. The Morgan fingerprint density at radius 1 is 1.18 bits per heavy atom. The Hall–Kier alpha value is -3.03. The zero-order chi connectivity index (χ0) is 19.9. The zero-order valence-corrected chi connectivity index (χ0v) is 15.9. The van der Waals surface area contributed by atoms with Gasteiger partial charge in [-0.3, -0.25) is 19.4 Å². The molecule has 2 amide bonds. The fourth-order valence-electron chi connectivity index (χ4n) is 3.74. The highest BCUT2D eigenvalue weighted by atomic mass is 16.2. The summed E-state index contributed by atoms with van der Waals surface area (Å²) in [5.74, 6) is 0.359. The second-order valence-corrected chi connectivity index (χ2v) is 7.23. The van der Waals surface area contributed by atoms with Crippen LogP contribution in [0, 0.1) is 11.8 Å². The highest BCUT2D eigenvalue weighted by Crippen LogP contribution is 2.36. The summed E-state index contributed by atoms with van der Waals surface area (Å²) in [4.78, 5) is 39.2. The van der Waals surface area contributed by atoms with Gasteiger partial charge in [-0.05, 0) is 55.7 Å². The van der Waals surface area contributed by atoms with Crippen LogP contribution in [0.2, 0.25) is 0 Å². The maximum atomic E-state index is 12.1. The van der Waals surface area contributed by atoms with Gasteiger partial charge in [-0.25, -0.2) is 5.10 Å². The molecule has 148 valence electrons.